The van der Waals surface area contributed by atoms with Crippen LogP contribution in [0, 0.1) is 0 Å². The minimum absolute atomic E-state index is 0. The number of carbonyl (C=O) groups is 1. The lowest BCUT2D eigenvalue weighted by molar-refractivity contribution is -0.122. The second-order valence-corrected chi connectivity index (χ2v) is 5.15. The van der Waals surface area contributed by atoms with E-state index in [0.717, 1.165) is 6.42 Å². The first-order valence-corrected chi connectivity index (χ1v) is 6.57. The Morgan fingerprint density at radius 2 is 1.89 bits per heavy atom. The molecule has 0 aliphatic carbocycles. The monoisotopic (exact) mass is 284 g/mol. The fourth-order valence-electron chi connectivity index (χ4n) is 2.26. The van der Waals surface area contributed by atoms with Gasteiger partial charge < -0.3 is 11.1 Å². The van der Waals surface area contributed by atoms with Gasteiger partial charge in [0.2, 0.25) is 5.91 Å². The summed E-state index contributed by atoms with van der Waals surface area (Å²) in [6.07, 6.45) is 1.29. The maximum Gasteiger partial charge on any atom is 0.221 e. The number of carbonyl (C=O) groups excluding carboxylic acids is 1. The highest BCUT2D eigenvalue weighted by atomic mass is 35.5. The lowest BCUT2D eigenvalue weighted by Gasteiger charge is -2.35. The van der Waals surface area contributed by atoms with E-state index in [0.29, 0.717) is 13.0 Å². The zero-order chi connectivity index (χ0) is 13.6. The van der Waals surface area contributed by atoms with Gasteiger partial charge in [-0.15, -0.1) is 12.4 Å². The van der Waals surface area contributed by atoms with Crippen molar-refractivity contribution in [2.45, 2.75) is 45.1 Å². The van der Waals surface area contributed by atoms with Gasteiger partial charge in [-0.2, -0.15) is 0 Å². The predicted octanol–water partition coefficient (Wildman–Crippen LogP) is 2.63. The molecule has 0 aliphatic heterocycles. The Kier molecular flexibility index (Phi) is 7.72. The summed E-state index contributed by atoms with van der Waals surface area (Å²) in [5.74, 6) is 0.0355. The van der Waals surface area contributed by atoms with E-state index in [2.05, 4.69) is 38.2 Å². The Bertz CT molecular complexity index is 379. The van der Waals surface area contributed by atoms with Crippen molar-refractivity contribution in [3.63, 3.8) is 0 Å². The third kappa shape index (κ3) is 4.84. The Balaban J connectivity index is 0.00000324. The molecular weight excluding hydrogens is 260 g/mol. The van der Waals surface area contributed by atoms with Crippen molar-refractivity contribution < 1.29 is 4.79 Å². The van der Waals surface area contributed by atoms with Gasteiger partial charge in [0.05, 0.1) is 0 Å². The number of halogens is 1. The second kappa shape index (κ2) is 8.18. The Morgan fingerprint density at radius 3 is 2.37 bits per heavy atom. The maximum atomic E-state index is 11.7. The molecule has 0 saturated carbocycles. The molecule has 108 valence electrons. The van der Waals surface area contributed by atoms with E-state index in [4.69, 9.17) is 5.73 Å². The van der Waals surface area contributed by atoms with Crippen molar-refractivity contribution in [3.05, 3.63) is 35.9 Å². The molecule has 3 N–H and O–H groups in total. The molecule has 0 spiro atoms. The second-order valence-electron chi connectivity index (χ2n) is 5.15. The smallest absolute Gasteiger partial charge is 0.221 e. The van der Waals surface area contributed by atoms with Crippen molar-refractivity contribution in [2.75, 3.05) is 6.54 Å². The van der Waals surface area contributed by atoms with Crippen LogP contribution >= 0.6 is 12.4 Å². The summed E-state index contributed by atoms with van der Waals surface area (Å²) >= 11 is 0. The van der Waals surface area contributed by atoms with Gasteiger partial charge in [-0.1, -0.05) is 51.1 Å². The van der Waals surface area contributed by atoms with Gasteiger partial charge in [-0.25, -0.2) is 0 Å². The van der Waals surface area contributed by atoms with Gasteiger partial charge in [0.15, 0.2) is 0 Å². The van der Waals surface area contributed by atoms with Gasteiger partial charge in [0.1, 0.15) is 0 Å². The fraction of sp³-hybridized carbons (Fsp3) is 0.533. The van der Waals surface area contributed by atoms with Gasteiger partial charge in [0, 0.05) is 24.4 Å². The molecule has 3 nitrogen and oxygen atoms in total. The van der Waals surface area contributed by atoms with Crippen LogP contribution in [0.5, 0.6) is 0 Å². The molecule has 1 aromatic rings. The van der Waals surface area contributed by atoms with Gasteiger partial charge >= 0.3 is 0 Å². The normalized spacial score (nSPS) is 12.4. The van der Waals surface area contributed by atoms with E-state index in [-0.39, 0.29) is 29.8 Å². The van der Waals surface area contributed by atoms with Crippen LogP contribution < -0.4 is 11.1 Å². The van der Waals surface area contributed by atoms with Crippen molar-refractivity contribution in [1.82, 2.24) is 5.32 Å². The maximum absolute atomic E-state index is 11.7. The molecule has 1 atom stereocenters. The highest BCUT2D eigenvalue weighted by Crippen LogP contribution is 2.28. The summed E-state index contributed by atoms with van der Waals surface area (Å²) in [4.78, 5) is 11.7. The van der Waals surface area contributed by atoms with Gasteiger partial charge in [-0.3, -0.25) is 4.79 Å². The Hall–Kier alpha value is -1.06. The molecule has 0 aliphatic rings. The molecule has 1 aromatic carbocycles. The molecule has 0 radical (unpaired) electrons. The van der Waals surface area contributed by atoms with Crippen molar-refractivity contribution in [1.29, 1.82) is 0 Å². The van der Waals surface area contributed by atoms with E-state index in [1.807, 2.05) is 18.2 Å². The average Bonchev–Trinajstić information content (AvgIpc) is 2.37. The summed E-state index contributed by atoms with van der Waals surface area (Å²) in [6, 6.07) is 10.4. The van der Waals surface area contributed by atoms with Gasteiger partial charge in [-0.05, 0) is 12.0 Å². The topological polar surface area (TPSA) is 55.1 Å². The van der Waals surface area contributed by atoms with Crippen LogP contribution in [0.1, 0.15) is 39.2 Å². The van der Waals surface area contributed by atoms with Crippen molar-refractivity contribution in [2.24, 2.45) is 5.73 Å². The zero-order valence-electron chi connectivity index (χ0n) is 12.0. The SMILES string of the molecule is CCC(NC(=O)CCN)C(C)(C)c1ccccc1.Cl. The van der Waals surface area contributed by atoms with Crippen molar-refractivity contribution >= 4 is 18.3 Å². The number of benzene rings is 1. The number of hydrogen-bond acceptors (Lipinski definition) is 2. The van der Waals surface area contributed by atoms with Crippen LogP contribution in [0.15, 0.2) is 30.3 Å². The molecule has 1 unspecified atom stereocenters. The zero-order valence-corrected chi connectivity index (χ0v) is 12.8. The third-order valence-corrected chi connectivity index (χ3v) is 3.50. The largest absolute Gasteiger partial charge is 0.352 e. The molecule has 19 heavy (non-hydrogen) atoms. The minimum atomic E-state index is -0.0831. The molecule has 1 rings (SSSR count). The van der Waals surface area contributed by atoms with Gasteiger partial charge in [0.25, 0.3) is 0 Å². The van der Waals surface area contributed by atoms with E-state index in [1.54, 1.807) is 0 Å². The van der Waals surface area contributed by atoms with Crippen LogP contribution in [0.25, 0.3) is 0 Å². The number of nitrogens with two attached hydrogens (primary N) is 1. The average molecular weight is 285 g/mol. The molecule has 0 bridgehead atoms. The number of amides is 1. The molecule has 0 heterocycles. The standard InChI is InChI=1S/C15H24N2O.ClH/c1-4-13(17-14(18)10-11-16)15(2,3)12-8-6-5-7-9-12;/h5-9,13H,4,10-11,16H2,1-3H3,(H,17,18);1H. The Morgan fingerprint density at radius 1 is 1.32 bits per heavy atom. The summed E-state index contributed by atoms with van der Waals surface area (Å²) in [6.45, 7) is 6.82. The van der Waals surface area contributed by atoms with E-state index in [9.17, 15) is 4.79 Å². The quantitative estimate of drug-likeness (QED) is 0.844. The molecule has 1 amide bonds. The first kappa shape index (κ1) is 17.9. The number of nitrogens with one attached hydrogen (secondary N) is 1. The predicted molar refractivity (Wildman–Crippen MR) is 82.6 cm³/mol. The highest BCUT2D eigenvalue weighted by Gasteiger charge is 2.30. The Labute approximate surface area is 122 Å². The van der Waals surface area contributed by atoms with Crippen LogP contribution in [0.4, 0.5) is 0 Å². The molecule has 0 fully saturated rings. The van der Waals surface area contributed by atoms with E-state index < -0.39 is 0 Å². The molecule has 0 saturated heterocycles. The van der Waals surface area contributed by atoms with Crippen LogP contribution in [-0.2, 0) is 10.2 Å². The lowest BCUT2D eigenvalue weighted by Crippen LogP contribution is -2.47. The lowest BCUT2D eigenvalue weighted by atomic mass is 9.76. The fourth-order valence-corrected chi connectivity index (χ4v) is 2.26. The molecule has 0 aromatic heterocycles. The highest BCUT2D eigenvalue weighted by molar-refractivity contribution is 5.85. The van der Waals surface area contributed by atoms with Crippen LogP contribution in [0.2, 0.25) is 0 Å². The number of hydrogen-bond donors (Lipinski definition) is 2. The van der Waals surface area contributed by atoms with E-state index >= 15 is 0 Å². The first-order valence-electron chi connectivity index (χ1n) is 6.57. The summed E-state index contributed by atoms with van der Waals surface area (Å²) in [5.41, 5.74) is 6.56. The first-order chi connectivity index (χ1) is 8.52. The van der Waals surface area contributed by atoms with Crippen LogP contribution in [0.3, 0.4) is 0 Å². The summed E-state index contributed by atoms with van der Waals surface area (Å²) in [7, 11) is 0. The van der Waals surface area contributed by atoms with Crippen molar-refractivity contribution in [3.8, 4) is 0 Å². The third-order valence-electron chi connectivity index (χ3n) is 3.50. The summed E-state index contributed by atoms with van der Waals surface area (Å²) < 4.78 is 0. The van der Waals surface area contributed by atoms with E-state index in [1.165, 1.54) is 5.56 Å². The molecular formula is C15H25ClN2O. The minimum Gasteiger partial charge on any atom is -0.352 e. The summed E-state index contributed by atoms with van der Waals surface area (Å²) in [5, 5.41) is 3.09. The number of rotatable bonds is 6. The molecule has 4 heteroatoms. The van der Waals surface area contributed by atoms with Crippen LogP contribution in [-0.4, -0.2) is 18.5 Å².